The van der Waals surface area contributed by atoms with Crippen LogP contribution in [-0.4, -0.2) is 18.0 Å². The summed E-state index contributed by atoms with van der Waals surface area (Å²) in [5, 5.41) is 2.93. The molecule has 2 aromatic rings. The van der Waals surface area contributed by atoms with Gasteiger partial charge in [-0.1, -0.05) is 43.3 Å². The van der Waals surface area contributed by atoms with Crippen molar-refractivity contribution in [3.8, 4) is 0 Å². The Morgan fingerprint density at radius 2 is 1.71 bits per heavy atom. The fraction of sp³-hybridized carbons (Fsp3) is 0.235. The average molecular weight is 394 g/mol. The lowest BCUT2D eigenvalue weighted by molar-refractivity contribution is 0.220. The Hall–Kier alpha value is -1.56. The number of hydrogen-bond acceptors (Lipinski definition) is 1. The largest absolute Gasteiger partial charge is 0.323 e. The van der Waals surface area contributed by atoms with E-state index < -0.39 is 0 Å². The van der Waals surface area contributed by atoms with Crippen molar-refractivity contribution in [1.29, 1.82) is 0 Å². The smallest absolute Gasteiger partial charge is 0.321 e. The minimum atomic E-state index is -0.0984. The highest BCUT2D eigenvalue weighted by Crippen LogP contribution is 2.17. The quantitative estimate of drug-likeness (QED) is 0.761. The zero-order valence-corrected chi connectivity index (χ0v) is 14.4. The molecule has 4 heteroatoms. The topological polar surface area (TPSA) is 32.3 Å². The number of nitrogens with one attached hydrogen (secondary N) is 1. The molecule has 0 aromatic heterocycles. The Morgan fingerprint density at radius 3 is 2.33 bits per heavy atom. The summed E-state index contributed by atoms with van der Waals surface area (Å²) >= 11 is 2.22. The molecule has 0 radical (unpaired) electrons. The van der Waals surface area contributed by atoms with Crippen LogP contribution in [0.4, 0.5) is 10.5 Å². The van der Waals surface area contributed by atoms with Crippen molar-refractivity contribution in [2.45, 2.75) is 19.9 Å². The second-order valence-electron chi connectivity index (χ2n) is 4.94. The van der Waals surface area contributed by atoms with Crippen molar-refractivity contribution in [1.82, 2.24) is 4.90 Å². The molecule has 110 valence electrons. The normalized spacial score (nSPS) is 10.2. The third-order valence-electron chi connectivity index (χ3n) is 3.31. The van der Waals surface area contributed by atoms with Crippen molar-refractivity contribution < 1.29 is 4.79 Å². The third-order valence-corrected chi connectivity index (χ3v) is 4.25. The summed E-state index contributed by atoms with van der Waals surface area (Å²) in [6.45, 7) is 2.73. The van der Waals surface area contributed by atoms with Gasteiger partial charge in [-0.05, 0) is 52.3 Å². The minimum Gasteiger partial charge on any atom is -0.323 e. The number of hydrogen-bond donors (Lipinski definition) is 1. The first-order valence-electron chi connectivity index (χ1n) is 6.94. The van der Waals surface area contributed by atoms with Gasteiger partial charge in [0.05, 0.1) is 5.69 Å². The van der Waals surface area contributed by atoms with Gasteiger partial charge < -0.3 is 10.2 Å². The molecular formula is C17H19IN2O. The molecule has 0 atom stereocenters. The van der Waals surface area contributed by atoms with E-state index in [0.717, 1.165) is 21.2 Å². The van der Waals surface area contributed by atoms with Gasteiger partial charge in [0, 0.05) is 17.2 Å². The van der Waals surface area contributed by atoms with Crippen molar-refractivity contribution in [2.75, 3.05) is 12.4 Å². The Bertz CT molecular complexity index is 610. The van der Waals surface area contributed by atoms with Crippen molar-refractivity contribution in [3.63, 3.8) is 0 Å². The molecule has 0 fully saturated rings. The number of amides is 2. The second kappa shape index (κ2) is 7.45. The Labute approximate surface area is 139 Å². The predicted molar refractivity (Wildman–Crippen MR) is 95.5 cm³/mol. The molecule has 3 nitrogen and oxygen atoms in total. The van der Waals surface area contributed by atoms with Gasteiger partial charge in [-0.2, -0.15) is 0 Å². The summed E-state index contributed by atoms with van der Waals surface area (Å²) in [6.07, 6.45) is 1.03. The van der Waals surface area contributed by atoms with E-state index in [4.69, 9.17) is 0 Å². The number of carbonyl (C=O) groups is 1. The van der Waals surface area contributed by atoms with Crippen LogP contribution in [0.25, 0.3) is 0 Å². The fourth-order valence-electron chi connectivity index (χ4n) is 2.00. The summed E-state index contributed by atoms with van der Waals surface area (Å²) in [5.74, 6) is 0. The van der Waals surface area contributed by atoms with E-state index in [1.807, 2.05) is 24.3 Å². The minimum absolute atomic E-state index is 0.0984. The molecule has 1 N–H and O–H groups in total. The molecule has 0 saturated carbocycles. The Morgan fingerprint density at radius 1 is 1.10 bits per heavy atom. The number of nitrogens with zero attached hydrogens (tertiary/aromatic N) is 1. The van der Waals surface area contributed by atoms with Crippen LogP contribution in [0.5, 0.6) is 0 Å². The SMILES string of the molecule is CCc1ccc(CN(C)C(=O)Nc2ccccc2I)cc1. The van der Waals surface area contributed by atoms with Gasteiger partial charge in [-0.3, -0.25) is 0 Å². The van der Waals surface area contributed by atoms with Crippen LogP contribution in [-0.2, 0) is 13.0 Å². The van der Waals surface area contributed by atoms with Crippen molar-refractivity contribution in [3.05, 3.63) is 63.2 Å². The molecule has 0 unspecified atom stereocenters. The highest BCUT2D eigenvalue weighted by molar-refractivity contribution is 14.1. The molecule has 0 aliphatic heterocycles. The predicted octanol–water partition coefficient (Wildman–Crippen LogP) is 4.52. The van der Waals surface area contributed by atoms with Gasteiger partial charge >= 0.3 is 6.03 Å². The van der Waals surface area contributed by atoms with E-state index in [1.165, 1.54) is 5.56 Å². The lowest BCUT2D eigenvalue weighted by Gasteiger charge is -2.18. The molecule has 0 spiro atoms. The molecule has 0 saturated heterocycles. The maximum Gasteiger partial charge on any atom is 0.321 e. The van der Waals surface area contributed by atoms with E-state index in [0.29, 0.717) is 6.54 Å². The molecular weight excluding hydrogens is 375 g/mol. The highest BCUT2D eigenvalue weighted by Gasteiger charge is 2.10. The number of rotatable bonds is 4. The molecule has 2 rings (SSSR count). The van der Waals surface area contributed by atoms with Crippen molar-refractivity contribution in [2.24, 2.45) is 0 Å². The monoisotopic (exact) mass is 394 g/mol. The third kappa shape index (κ3) is 4.46. The van der Waals surface area contributed by atoms with E-state index >= 15 is 0 Å². The Balaban J connectivity index is 1.97. The van der Waals surface area contributed by atoms with Gasteiger partial charge in [0.1, 0.15) is 0 Å². The maximum absolute atomic E-state index is 12.2. The summed E-state index contributed by atoms with van der Waals surface area (Å²) in [5.41, 5.74) is 3.29. The summed E-state index contributed by atoms with van der Waals surface area (Å²) in [6, 6.07) is 16.0. The fourth-order valence-corrected chi connectivity index (χ4v) is 2.52. The van der Waals surface area contributed by atoms with E-state index in [1.54, 1.807) is 11.9 Å². The highest BCUT2D eigenvalue weighted by atomic mass is 127. The van der Waals surface area contributed by atoms with Gasteiger partial charge in [-0.15, -0.1) is 0 Å². The Kier molecular flexibility index (Phi) is 5.61. The van der Waals surface area contributed by atoms with Crippen LogP contribution in [0.1, 0.15) is 18.1 Å². The van der Waals surface area contributed by atoms with Crippen LogP contribution >= 0.6 is 22.6 Å². The molecule has 0 aliphatic carbocycles. The van der Waals surface area contributed by atoms with Gasteiger partial charge in [0.2, 0.25) is 0 Å². The van der Waals surface area contributed by atoms with Crippen LogP contribution in [0.15, 0.2) is 48.5 Å². The molecule has 0 heterocycles. The van der Waals surface area contributed by atoms with Crippen LogP contribution < -0.4 is 5.32 Å². The molecule has 2 amide bonds. The molecule has 2 aromatic carbocycles. The summed E-state index contributed by atoms with van der Waals surface area (Å²) < 4.78 is 1.03. The lowest BCUT2D eigenvalue weighted by Crippen LogP contribution is -2.31. The van der Waals surface area contributed by atoms with E-state index in [2.05, 4.69) is 59.1 Å². The zero-order valence-electron chi connectivity index (χ0n) is 12.3. The second-order valence-corrected chi connectivity index (χ2v) is 6.10. The lowest BCUT2D eigenvalue weighted by atomic mass is 10.1. The number of halogens is 1. The first-order valence-corrected chi connectivity index (χ1v) is 8.02. The number of benzene rings is 2. The number of para-hydroxylation sites is 1. The molecule has 0 aliphatic rings. The molecule has 0 bridgehead atoms. The average Bonchev–Trinajstić information content (AvgIpc) is 2.50. The van der Waals surface area contributed by atoms with E-state index in [9.17, 15) is 4.79 Å². The summed E-state index contributed by atoms with van der Waals surface area (Å²) in [4.78, 5) is 13.9. The summed E-state index contributed by atoms with van der Waals surface area (Å²) in [7, 11) is 1.80. The first-order chi connectivity index (χ1) is 10.1. The van der Waals surface area contributed by atoms with E-state index in [-0.39, 0.29) is 6.03 Å². The van der Waals surface area contributed by atoms with Gasteiger partial charge in [0.15, 0.2) is 0 Å². The number of aryl methyl sites for hydroxylation is 1. The number of carbonyl (C=O) groups excluding carboxylic acids is 1. The maximum atomic E-state index is 12.2. The zero-order chi connectivity index (χ0) is 15.2. The van der Waals surface area contributed by atoms with Crippen LogP contribution in [0.3, 0.4) is 0 Å². The number of anilines is 1. The molecule has 21 heavy (non-hydrogen) atoms. The van der Waals surface area contributed by atoms with Crippen LogP contribution in [0.2, 0.25) is 0 Å². The van der Waals surface area contributed by atoms with Gasteiger partial charge in [0.25, 0.3) is 0 Å². The van der Waals surface area contributed by atoms with Crippen molar-refractivity contribution >= 4 is 34.3 Å². The van der Waals surface area contributed by atoms with Crippen LogP contribution in [0, 0.1) is 3.57 Å². The van der Waals surface area contributed by atoms with Gasteiger partial charge in [-0.25, -0.2) is 4.79 Å². The number of urea groups is 1. The standard InChI is InChI=1S/C17H19IN2O/c1-3-13-8-10-14(11-9-13)12-20(2)17(21)19-16-7-5-4-6-15(16)18/h4-11H,3,12H2,1-2H3,(H,19,21). The first kappa shape index (κ1) is 15.8.